The third-order valence-corrected chi connectivity index (χ3v) is 5.12. The molecule has 1 heterocycles. The van der Waals surface area contributed by atoms with Crippen LogP contribution in [-0.2, 0) is 4.74 Å². The predicted molar refractivity (Wildman–Crippen MR) is 78.4 cm³/mol. The van der Waals surface area contributed by atoms with Gasteiger partial charge in [0, 0.05) is 25.7 Å². The van der Waals surface area contributed by atoms with Gasteiger partial charge < -0.3 is 15.0 Å². The molecular formula is C16H30N2O. The molecule has 0 radical (unpaired) electrons. The van der Waals surface area contributed by atoms with Crippen LogP contribution in [0.3, 0.4) is 0 Å². The highest BCUT2D eigenvalue weighted by Gasteiger charge is 2.40. The minimum absolute atomic E-state index is 0.288. The maximum atomic E-state index is 6.44. The second-order valence-electron chi connectivity index (χ2n) is 7.01. The zero-order chi connectivity index (χ0) is 13.1. The van der Waals surface area contributed by atoms with Gasteiger partial charge in [-0.05, 0) is 45.6 Å². The summed E-state index contributed by atoms with van der Waals surface area (Å²) in [7, 11) is 2.24. The van der Waals surface area contributed by atoms with E-state index in [1.165, 1.54) is 57.8 Å². The summed E-state index contributed by atoms with van der Waals surface area (Å²) < 4.78 is 6.44. The monoisotopic (exact) mass is 266 g/mol. The van der Waals surface area contributed by atoms with E-state index in [4.69, 9.17) is 4.74 Å². The lowest BCUT2D eigenvalue weighted by Gasteiger charge is -2.34. The zero-order valence-corrected chi connectivity index (χ0v) is 12.5. The van der Waals surface area contributed by atoms with Crippen molar-refractivity contribution in [2.24, 2.45) is 0 Å². The third kappa shape index (κ3) is 3.93. The molecule has 0 aromatic rings. The molecule has 3 aliphatic rings. The van der Waals surface area contributed by atoms with Gasteiger partial charge in [-0.1, -0.05) is 19.3 Å². The first-order chi connectivity index (χ1) is 9.26. The lowest BCUT2D eigenvalue weighted by molar-refractivity contribution is -0.0700. The van der Waals surface area contributed by atoms with Crippen LogP contribution in [0.2, 0.25) is 0 Å². The second-order valence-corrected chi connectivity index (χ2v) is 7.01. The fraction of sp³-hybridized carbons (Fsp3) is 1.00. The van der Waals surface area contributed by atoms with Crippen molar-refractivity contribution in [2.75, 3.05) is 26.7 Å². The van der Waals surface area contributed by atoms with Gasteiger partial charge in [0.05, 0.1) is 11.7 Å². The predicted octanol–water partition coefficient (Wildman–Crippen LogP) is 2.55. The van der Waals surface area contributed by atoms with Crippen LogP contribution in [-0.4, -0.2) is 49.3 Å². The Kier molecular flexibility index (Phi) is 4.45. The van der Waals surface area contributed by atoms with Crippen molar-refractivity contribution in [3.05, 3.63) is 0 Å². The fourth-order valence-corrected chi connectivity index (χ4v) is 3.77. The van der Waals surface area contributed by atoms with Crippen LogP contribution in [0.25, 0.3) is 0 Å². The highest BCUT2D eigenvalue weighted by molar-refractivity contribution is 4.92. The highest BCUT2D eigenvalue weighted by Crippen LogP contribution is 2.41. The molecule has 2 saturated carbocycles. The average Bonchev–Trinajstić information content (AvgIpc) is 3.15. The molecule has 3 rings (SSSR count). The first-order valence-electron chi connectivity index (χ1n) is 8.36. The minimum atomic E-state index is 0.288. The third-order valence-electron chi connectivity index (χ3n) is 5.12. The molecule has 110 valence electrons. The van der Waals surface area contributed by atoms with Gasteiger partial charge in [-0.2, -0.15) is 0 Å². The Hall–Kier alpha value is -0.120. The normalized spacial score (nSPS) is 30.3. The van der Waals surface area contributed by atoms with E-state index in [1.807, 2.05) is 0 Å². The van der Waals surface area contributed by atoms with E-state index >= 15 is 0 Å². The lowest BCUT2D eigenvalue weighted by Crippen LogP contribution is -2.37. The number of nitrogens with one attached hydrogen (secondary N) is 1. The molecule has 1 N–H and O–H groups in total. The molecule has 0 bridgehead atoms. The van der Waals surface area contributed by atoms with Crippen molar-refractivity contribution < 1.29 is 4.74 Å². The van der Waals surface area contributed by atoms with E-state index in [1.54, 1.807) is 0 Å². The topological polar surface area (TPSA) is 24.5 Å². The number of nitrogens with zero attached hydrogens (tertiary/aromatic N) is 1. The first kappa shape index (κ1) is 13.8. The molecule has 19 heavy (non-hydrogen) atoms. The molecular weight excluding hydrogens is 236 g/mol. The van der Waals surface area contributed by atoms with Crippen LogP contribution < -0.4 is 5.32 Å². The number of hydrogen-bond acceptors (Lipinski definition) is 3. The average molecular weight is 266 g/mol. The Balaban J connectivity index is 1.35. The van der Waals surface area contributed by atoms with E-state index < -0.39 is 0 Å². The summed E-state index contributed by atoms with van der Waals surface area (Å²) >= 11 is 0. The Morgan fingerprint density at radius 3 is 2.63 bits per heavy atom. The van der Waals surface area contributed by atoms with Crippen molar-refractivity contribution in [2.45, 2.75) is 75.5 Å². The molecule has 0 aromatic heterocycles. The SMILES string of the molecule is CN(CCNC1CC1)CC1CCC2(CCCCC2)O1. The molecule has 0 amide bonds. The number of hydrogen-bond donors (Lipinski definition) is 1. The number of ether oxygens (including phenoxy) is 1. The van der Waals surface area contributed by atoms with E-state index in [-0.39, 0.29) is 5.60 Å². The van der Waals surface area contributed by atoms with Crippen LogP contribution in [0.1, 0.15) is 57.8 Å². The van der Waals surface area contributed by atoms with Crippen molar-refractivity contribution in [1.82, 2.24) is 10.2 Å². The Morgan fingerprint density at radius 2 is 1.89 bits per heavy atom. The summed E-state index contributed by atoms with van der Waals surface area (Å²) in [4.78, 5) is 2.45. The molecule has 0 aromatic carbocycles. The Bertz CT molecular complexity index is 284. The van der Waals surface area contributed by atoms with Gasteiger partial charge in [0.2, 0.25) is 0 Å². The van der Waals surface area contributed by atoms with E-state index in [0.717, 1.165) is 25.7 Å². The lowest BCUT2D eigenvalue weighted by atomic mass is 9.83. The highest BCUT2D eigenvalue weighted by atomic mass is 16.5. The molecule has 3 nitrogen and oxygen atoms in total. The Morgan fingerprint density at radius 1 is 1.11 bits per heavy atom. The molecule has 1 atom stereocenters. The van der Waals surface area contributed by atoms with E-state index in [0.29, 0.717) is 6.10 Å². The maximum Gasteiger partial charge on any atom is 0.0710 e. The molecule has 3 heteroatoms. The fourth-order valence-electron chi connectivity index (χ4n) is 3.77. The summed E-state index contributed by atoms with van der Waals surface area (Å²) in [6.45, 7) is 3.41. The van der Waals surface area contributed by atoms with Crippen molar-refractivity contribution in [3.63, 3.8) is 0 Å². The maximum absolute atomic E-state index is 6.44. The van der Waals surface area contributed by atoms with Crippen LogP contribution in [0.15, 0.2) is 0 Å². The summed E-state index contributed by atoms with van der Waals surface area (Å²) in [6, 6.07) is 0.835. The van der Waals surface area contributed by atoms with Gasteiger partial charge in [-0.3, -0.25) is 0 Å². The van der Waals surface area contributed by atoms with Crippen molar-refractivity contribution >= 4 is 0 Å². The summed E-state index contributed by atoms with van der Waals surface area (Å²) in [6.07, 6.45) is 12.7. The summed E-state index contributed by atoms with van der Waals surface area (Å²) in [5, 5.41) is 3.59. The second kappa shape index (κ2) is 6.11. The summed E-state index contributed by atoms with van der Waals surface area (Å²) in [5.41, 5.74) is 0.288. The first-order valence-corrected chi connectivity index (χ1v) is 8.36. The molecule has 1 spiro atoms. The molecule has 3 fully saturated rings. The van der Waals surface area contributed by atoms with E-state index in [2.05, 4.69) is 17.3 Å². The van der Waals surface area contributed by atoms with Crippen LogP contribution in [0.4, 0.5) is 0 Å². The standard InChI is InChI=1S/C16H30N2O/c1-18(12-11-17-14-5-6-14)13-15-7-10-16(19-15)8-3-2-4-9-16/h14-15,17H,2-13H2,1H3. The van der Waals surface area contributed by atoms with Crippen LogP contribution >= 0.6 is 0 Å². The largest absolute Gasteiger partial charge is 0.370 e. The Labute approximate surface area is 118 Å². The van der Waals surface area contributed by atoms with Gasteiger partial charge >= 0.3 is 0 Å². The van der Waals surface area contributed by atoms with Gasteiger partial charge in [0.15, 0.2) is 0 Å². The molecule has 2 aliphatic carbocycles. The van der Waals surface area contributed by atoms with Gasteiger partial charge in [0.1, 0.15) is 0 Å². The summed E-state index contributed by atoms with van der Waals surface area (Å²) in [5.74, 6) is 0. The van der Waals surface area contributed by atoms with Crippen LogP contribution in [0, 0.1) is 0 Å². The molecule has 1 aliphatic heterocycles. The van der Waals surface area contributed by atoms with Gasteiger partial charge in [-0.15, -0.1) is 0 Å². The quantitative estimate of drug-likeness (QED) is 0.799. The number of rotatable bonds is 6. The van der Waals surface area contributed by atoms with E-state index in [9.17, 15) is 0 Å². The van der Waals surface area contributed by atoms with Crippen molar-refractivity contribution in [1.29, 1.82) is 0 Å². The minimum Gasteiger partial charge on any atom is -0.370 e. The van der Waals surface area contributed by atoms with Gasteiger partial charge in [0.25, 0.3) is 0 Å². The smallest absolute Gasteiger partial charge is 0.0710 e. The van der Waals surface area contributed by atoms with Gasteiger partial charge in [-0.25, -0.2) is 0 Å². The molecule has 1 unspecified atom stereocenters. The molecule has 1 saturated heterocycles. The van der Waals surface area contributed by atoms with Crippen molar-refractivity contribution in [3.8, 4) is 0 Å². The van der Waals surface area contributed by atoms with Crippen LogP contribution in [0.5, 0.6) is 0 Å². The zero-order valence-electron chi connectivity index (χ0n) is 12.5. The number of likely N-dealkylation sites (N-methyl/N-ethyl adjacent to an activating group) is 1.